The van der Waals surface area contributed by atoms with Crippen LogP contribution in [0.25, 0.3) is 0 Å². The molecule has 0 aliphatic rings. The lowest BCUT2D eigenvalue weighted by Gasteiger charge is -2.36. The van der Waals surface area contributed by atoms with Gasteiger partial charge in [0.05, 0.1) is 6.61 Å². The fraction of sp³-hybridized carbons (Fsp3) is 0.692. The van der Waals surface area contributed by atoms with E-state index in [1.54, 1.807) is 6.20 Å². The van der Waals surface area contributed by atoms with Gasteiger partial charge in [-0.05, 0) is 19.3 Å². The summed E-state index contributed by atoms with van der Waals surface area (Å²) in [5.41, 5.74) is 0.926. The van der Waals surface area contributed by atoms with Crippen LogP contribution in [0.4, 0.5) is 5.82 Å². The van der Waals surface area contributed by atoms with Crippen LogP contribution in [0.1, 0.15) is 39.1 Å². The minimum absolute atomic E-state index is 0.0309. The van der Waals surface area contributed by atoms with E-state index in [0.717, 1.165) is 17.2 Å². The number of nitrogens with zero attached hydrogens (tertiary/aromatic N) is 3. The Morgan fingerprint density at radius 3 is 2.47 bits per heavy atom. The van der Waals surface area contributed by atoms with Crippen LogP contribution in [0, 0.1) is 12.3 Å². The van der Waals surface area contributed by atoms with E-state index in [4.69, 9.17) is 0 Å². The smallest absolute Gasteiger partial charge is 0.137 e. The minimum atomic E-state index is -0.0309. The lowest BCUT2D eigenvalue weighted by Crippen LogP contribution is -2.40. The summed E-state index contributed by atoms with van der Waals surface area (Å²) in [4.78, 5) is 10.7. The molecule has 1 unspecified atom stereocenters. The molecule has 1 atom stereocenters. The highest BCUT2D eigenvalue weighted by molar-refractivity contribution is 5.46. The van der Waals surface area contributed by atoms with Crippen molar-refractivity contribution in [2.75, 3.05) is 11.9 Å². The van der Waals surface area contributed by atoms with Gasteiger partial charge in [0.1, 0.15) is 11.6 Å². The van der Waals surface area contributed by atoms with Gasteiger partial charge in [-0.2, -0.15) is 0 Å². The first kappa shape index (κ1) is 13.9. The number of aryl methyl sites for hydroxylation is 1. The quantitative estimate of drug-likeness (QED) is 0.875. The molecule has 1 aromatic rings. The maximum absolute atomic E-state index is 9.34. The Morgan fingerprint density at radius 1 is 1.41 bits per heavy atom. The molecule has 0 saturated carbocycles. The van der Waals surface area contributed by atoms with E-state index in [9.17, 15) is 5.11 Å². The van der Waals surface area contributed by atoms with Gasteiger partial charge in [-0.1, -0.05) is 20.8 Å². The van der Waals surface area contributed by atoms with E-state index in [2.05, 4.69) is 42.6 Å². The van der Waals surface area contributed by atoms with E-state index < -0.39 is 0 Å². The van der Waals surface area contributed by atoms with Crippen molar-refractivity contribution >= 4 is 5.82 Å². The molecule has 1 N–H and O–H groups in total. The van der Waals surface area contributed by atoms with E-state index in [1.165, 1.54) is 0 Å². The van der Waals surface area contributed by atoms with Gasteiger partial charge in [-0.15, -0.1) is 0 Å². The van der Waals surface area contributed by atoms with Crippen LogP contribution in [0.5, 0.6) is 0 Å². The maximum Gasteiger partial charge on any atom is 0.137 e. The molecule has 0 spiro atoms. The van der Waals surface area contributed by atoms with Crippen molar-refractivity contribution < 1.29 is 5.11 Å². The Morgan fingerprint density at radius 2 is 2.00 bits per heavy atom. The zero-order valence-corrected chi connectivity index (χ0v) is 11.7. The molecular formula is C13H23N3O. The molecule has 0 radical (unpaired) electrons. The van der Waals surface area contributed by atoms with Crippen molar-refractivity contribution in [1.29, 1.82) is 0 Å². The summed E-state index contributed by atoms with van der Waals surface area (Å²) in [7, 11) is 2.01. The minimum Gasteiger partial charge on any atom is -0.391 e. The number of anilines is 1. The third-order valence-electron chi connectivity index (χ3n) is 3.30. The van der Waals surface area contributed by atoms with Crippen LogP contribution in [0.15, 0.2) is 6.20 Å². The number of hydrogen-bond acceptors (Lipinski definition) is 4. The molecule has 1 heterocycles. The molecule has 0 aromatic carbocycles. The summed E-state index contributed by atoms with van der Waals surface area (Å²) < 4.78 is 0. The fourth-order valence-corrected chi connectivity index (χ4v) is 1.66. The van der Waals surface area contributed by atoms with Crippen LogP contribution < -0.4 is 4.90 Å². The van der Waals surface area contributed by atoms with Crippen LogP contribution in [-0.2, 0) is 6.61 Å². The number of hydrogen-bond donors (Lipinski definition) is 1. The molecule has 4 heteroatoms. The first-order chi connectivity index (χ1) is 7.77. The summed E-state index contributed by atoms with van der Waals surface area (Å²) in [6, 6.07) is 0.321. The summed E-state index contributed by atoms with van der Waals surface area (Å²) >= 11 is 0. The van der Waals surface area contributed by atoms with Gasteiger partial charge in [-0.25, -0.2) is 9.97 Å². The third-order valence-corrected chi connectivity index (χ3v) is 3.30. The highest BCUT2D eigenvalue weighted by atomic mass is 16.3. The highest BCUT2D eigenvalue weighted by Gasteiger charge is 2.26. The van der Waals surface area contributed by atoms with Gasteiger partial charge in [-0.3, -0.25) is 0 Å². The average Bonchev–Trinajstić information content (AvgIpc) is 2.25. The fourth-order valence-electron chi connectivity index (χ4n) is 1.66. The Kier molecular flexibility index (Phi) is 4.09. The van der Waals surface area contributed by atoms with Crippen LogP contribution in [-0.4, -0.2) is 28.2 Å². The predicted octanol–water partition coefficient (Wildman–Crippen LogP) is 2.15. The van der Waals surface area contributed by atoms with Gasteiger partial charge in [0.2, 0.25) is 0 Å². The molecule has 0 aliphatic heterocycles. The predicted molar refractivity (Wildman–Crippen MR) is 70.0 cm³/mol. The molecule has 0 bridgehead atoms. The van der Waals surface area contributed by atoms with Crippen molar-refractivity contribution in [3.05, 3.63) is 17.6 Å². The molecule has 17 heavy (non-hydrogen) atoms. The third kappa shape index (κ3) is 3.16. The monoisotopic (exact) mass is 237 g/mol. The average molecular weight is 237 g/mol. The zero-order chi connectivity index (χ0) is 13.2. The van der Waals surface area contributed by atoms with Crippen molar-refractivity contribution in [1.82, 2.24) is 9.97 Å². The number of rotatable bonds is 3. The normalized spacial score (nSPS) is 13.6. The molecule has 4 nitrogen and oxygen atoms in total. The summed E-state index contributed by atoms with van der Waals surface area (Å²) in [5, 5.41) is 9.34. The molecule has 0 fully saturated rings. The van der Waals surface area contributed by atoms with E-state index in [-0.39, 0.29) is 12.0 Å². The molecular weight excluding hydrogens is 214 g/mol. The lowest BCUT2D eigenvalue weighted by atomic mass is 9.87. The van der Waals surface area contributed by atoms with Crippen molar-refractivity contribution in [2.45, 2.75) is 47.3 Å². The zero-order valence-electron chi connectivity index (χ0n) is 11.7. The maximum atomic E-state index is 9.34. The second-order valence-electron chi connectivity index (χ2n) is 5.58. The van der Waals surface area contributed by atoms with Crippen molar-refractivity contribution in [2.24, 2.45) is 5.41 Å². The summed E-state index contributed by atoms with van der Waals surface area (Å²) in [6.07, 6.45) is 1.70. The first-order valence-electron chi connectivity index (χ1n) is 5.93. The Labute approximate surface area is 104 Å². The lowest BCUT2D eigenvalue weighted by molar-refractivity contribution is 0.279. The van der Waals surface area contributed by atoms with Crippen molar-refractivity contribution in [3.8, 4) is 0 Å². The van der Waals surface area contributed by atoms with E-state index >= 15 is 0 Å². The van der Waals surface area contributed by atoms with Crippen LogP contribution >= 0.6 is 0 Å². The van der Waals surface area contributed by atoms with E-state index in [1.807, 2.05) is 14.0 Å². The highest BCUT2D eigenvalue weighted by Crippen LogP contribution is 2.27. The summed E-state index contributed by atoms with van der Waals surface area (Å²) in [6.45, 7) is 10.6. The van der Waals surface area contributed by atoms with Gasteiger partial charge in [0.25, 0.3) is 0 Å². The van der Waals surface area contributed by atoms with Crippen LogP contribution in [0.2, 0.25) is 0 Å². The van der Waals surface area contributed by atoms with Gasteiger partial charge < -0.3 is 10.0 Å². The second kappa shape index (κ2) is 5.00. The first-order valence-corrected chi connectivity index (χ1v) is 5.93. The Bertz CT molecular complexity index is 385. The summed E-state index contributed by atoms with van der Waals surface area (Å²) in [5.74, 6) is 1.55. The van der Waals surface area contributed by atoms with Gasteiger partial charge >= 0.3 is 0 Å². The molecule has 0 amide bonds. The molecule has 0 aliphatic carbocycles. The van der Waals surface area contributed by atoms with Gasteiger partial charge in [0.15, 0.2) is 0 Å². The topological polar surface area (TPSA) is 49.3 Å². The number of aromatic nitrogens is 2. The molecule has 96 valence electrons. The van der Waals surface area contributed by atoms with Crippen LogP contribution in [0.3, 0.4) is 0 Å². The number of aliphatic hydroxyl groups is 1. The van der Waals surface area contributed by atoms with E-state index in [0.29, 0.717) is 6.04 Å². The van der Waals surface area contributed by atoms with Crippen molar-refractivity contribution in [3.63, 3.8) is 0 Å². The Hall–Kier alpha value is -1.16. The number of aliphatic hydroxyl groups excluding tert-OH is 1. The second-order valence-corrected chi connectivity index (χ2v) is 5.58. The Balaban J connectivity index is 3.10. The standard InChI is InChI=1S/C13H23N3O/c1-9(13(3,4)5)16(6)12-11(8-17)7-14-10(2)15-12/h7,9,17H,8H2,1-6H3. The van der Waals surface area contributed by atoms with Gasteiger partial charge in [0, 0.05) is 24.8 Å². The molecule has 1 rings (SSSR count). The SMILES string of the molecule is Cc1ncc(CO)c(N(C)C(C)C(C)(C)C)n1. The molecule has 1 aromatic heterocycles. The largest absolute Gasteiger partial charge is 0.391 e. The molecule has 0 saturated heterocycles.